The lowest BCUT2D eigenvalue weighted by atomic mass is 10.1. The maximum Gasteiger partial charge on any atom is 0.275 e. The Morgan fingerprint density at radius 1 is 1.06 bits per heavy atom. The van der Waals surface area contributed by atoms with E-state index in [4.69, 9.17) is 17.3 Å². The SMILES string of the molecule is NC1=[N+](Cc2ccccc2Cl)Cc2ccccc21. The van der Waals surface area contributed by atoms with Crippen molar-refractivity contribution >= 4 is 17.4 Å². The van der Waals surface area contributed by atoms with Crippen LogP contribution >= 0.6 is 11.6 Å². The molecule has 2 N–H and O–H groups in total. The van der Waals surface area contributed by atoms with Crippen molar-refractivity contribution in [2.45, 2.75) is 13.1 Å². The van der Waals surface area contributed by atoms with Crippen LogP contribution in [0.5, 0.6) is 0 Å². The standard InChI is InChI=1S/C15H13ClN2/c16-14-8-4-2-6-12(14)10-18-9-11-5-1-3-7-13(11)15(18)17/h1-8,17H,9-10H2/p+1. The van der Waals surface area contributed by atoms with Crippen molar-refractivity contribution < 1.29 is 4.58 Å². The highest BCUT2D eigenvalue weighted by Crippen LogP contribution is 2.21. The van der Waals surface area contributed by atoms with E-state index >= 15 is 0 Å². The normalized spacial score (nSPS) is 13.8. The van der Waals surface area contributed by atoms with E-state index in [0.29, 0.717) is 0 Å². The maximum absolute atomic E-state index is 6.19. The van der Waals surface area contributed by atoms with Crippen LogP contribution in [0.25, 0.3) is 0 Å². The maximum atomic E-state index is 6.19. The van der Waals surface area contributed by atoms with Crippen molar-refractivity contribution in [3.8, 4) is 0 Å². The molecule has 0 aliphatic carbocycles. The first-order valence-corrected chi connectivity index (χ1v) is 6.32. The Balaban J connectivity index is 1.93. The molecule has 3 rings (SSSR count). The van der Waals surface area contributed by atoms with Crippen LogP contribution in [0.15, 0.2) is 48.5 Å². The van der Waals surface area contributed by atoms with Gasteiger partial charge in [-0.2, -0.15) is 0 Å². The molecule has 0 aromatic heterocycles. The van der Waals surface area contributed by atoms with Gasteiger partial charge < -0.3 is 0 Å². The van der Waals surface area contributed by atoms with E-state index in [1.807, 2.05) is 36.4 Å². The van der Waals surface area contributed by atoms with Gasteiger partial charge in [-0.15, -0.1) is 0 Å². The summed E-state index contributed by atoms with van der Waals surface area (Å²) in [7, 11) is 0. The summed E-state index contributed by atoms with van der Waals surface area (Å²) in [5.74, 6) is 0.838. The molecule has 90 valence electrons. The highest BCUT2D eigenvalue weighted by Gasteiger charge is 2.24. The molecule has 0 amide bonds. The fourth-order valence-electron chi connectivity index (χ4n) is 2.34. The lowest BCUT2D eigenvalue weighted by molar-refractivity contribution is -0.555. The van der Waals surface area contributed by atoms with Crippen molar-refractivity contribution in [2.75, 3.05) is 0 Å². The van der Waals surface area contributed by atoms with Crippen LogP contribution in [0.3, 0.4) is 0 Å². The van der Waals surface area contributed by atoms with Gasteiger partial charge in [0.1, 0.15) is 13.1 Å². The van der Waals surface area contributed by atoms with Gasteiger partial charge in [0.2, 0.25) is 0 Å². The molecule has 1 aliphatic rings. The average Bonchev–Trinajstić information content (AvgIpc) is 2.70. The van der Waals surface area contributed by atoms with Crippen molar-refractivity contribution in [1.82, 2.24) is 0 Å². The molecule has 2 aromatic rings. The average molecular weight is 258 g/mol. The molecule has 0 fully saturated rings. The molecule has 0 saturated carbocycles. The van der Waals surface area contributed by atoms with Crippen molar-refractivity contribution in [3.05, 3.63) is 70.2 Å². The number of amidine groups is 1. The summed E-state index contributed by atoms with van der Waals surface area (Å²) in [5.41, 5.74) is 9.72. The molecule has 0 bridgehead atoms. The Morgan fingerprint density at radius 3 is 2.56 bits per heavy atom. The molecule has 0 atom stereocenters. The summed E-state index contributed by atoms with van der Waals surface area (Å²) < 4.78 is 2.16. The monoisotopic (exact) mass is 257 g/mol. The second kappa shape index (κ2) is 4.46. The number of fused-ring (bicyclic) bond motifs is 1. The highest BCUT2D eigenvalue weighted by atomic mass is 35.5. The predicted octanol–water partition coefficient (Wildman–Crippen LogP) is 2.77. The highest BCUT2D eigenvalue weighted by molar-refractivity contribution is 6.31. The number of nitrogens with two attached hydrogens (primary N) is 1. The second-order valence-electron chi connectivity index (χ2n) is 4.49. The van der Waals surface area contributed by atoms with Gasteiger partial charge in [0.15, 0.2) is 0 Å². The van der Waals surface area contributed by atoms with Crippen LogP contribution in [0.4, 0.5) is 0 Å². The molecule has 0 radical (unpaired) electrons. The van der Waals surface area contributed by atoms with Crippen LogP contribution in [0, 0.1) is 0 Å². The molecule has 0 unspecified atom stereocenters. The van der Waals surface area contributed by atoms with Crippen molar-refractivity contribution in [2.24, 2.45) is 5.73 Å². The number of nitrogens with zero attached hydrogens (tertiary/aromatic N) is 1. The van der Waals surface area contributed by atoms with E-state index in [2.05, 4.69) is 16.7 Å². The van der Waals surface area contributed by atoms with Crippen molar-refractivity contribution in [1.29, 1.82) is 0 Å². The Labute approximate surface area is 111 Å². The number of hydrogen-bond donors (Lipinski definition) is 1. The van der Waals surface area contributed by atoms with Gasteiger partial charge in [0, 0.05) is 16.1 Å². The fourth-order valence-corrected chi connectivity index (χ4v) is 2.54. The summed E-state index contributed by atoms with van der Waals surface area (Å²) in [6.45, 7) is 1.60. The third-order valence-electron chi connectivity index (χ3n) is 3.31. The van der Waals surface area contributed by atoms with Gasteiger partial charge in [-0.25, -0.2) is 0 Å². The van der Waals surface area contributed by atoms with Crippen LogP contribution in [-0.2, 0) is 13.1 Å². The first-order chi connectivity index (χ1) is 8.75. The summed E-state index contributed by atoms with van der Waals surface area (Å²) in [4.78, 5) is 0. The molecule has 1 heterocycles. The lowest BCUT2D eigenvalue weighted by Crippen LogP contribution is -2.23. The Hall–Kier alpha value is -1.80. The molecule has 2 nitrogen and oxygen atoms in total. The van der Waals surface area contributed by atoms with Gasteiger partial charge in [-0.1, -0.05) is 48.0 Å². The fraction of sp³-hybridized carbons (Fsp3) is 0.133. The lowest BCUT2D eigenvalue weighted by Gasteiger charge is -2.05. The number of halogens is 1. The molecular weight excluding hydrogens is 244 g/mol. The van der Waals surface area contributed by atoms with Crippen LogP contribution in [0.1, 0.15) is 16.7 Å². The topological polar surface area (TPSA) is 29.0 Å². The number of benzene rings is 2. The third kappa shape index (κ3) is 1.89. The largest absolute Gasteiger partial charge is 0.287 e. The molecule has 2 aromatic carbocycles. The smallest absolute Gasteiger partial charge is 0.275 e. The molecular formula is C15H14ClN2+. The van der Waals surface area contributed by atoms with Crippen LogP contribution in [-0.4, -0.2) is 10.4 Å². The third-order valence-corrected chi connectivity index (χ3v) is 3.68. The second-order valence-corrected chi connectivity index (χ2v) is 4.90. The first-order valence-electron chi connectivity index (χ1n) is 5.95. The zero-order valence-electron chi connectivity index (χ0n) is 9.94. The van der Waals surface area contributed by atoms with E-state index in [9.17, 15) is 0 Å². The number of hydrogen-bond acceptors (Lipinski definition) is 1. The Morgan fingerprint density at radius 2 is 1.78 bits per heavy atom. The van der Waals surface area contributed by atoms with E-state index in [0.717, 1.165) is 35.1 Å². The van der Waals surface area contributed by atoms with Crippen LogP contribution in [0.2, 0.25) is 5.02 Å². The van der Waals surface area contributed by atoms with Gasteiger partial charge in [0.05, 0.1) is 5.56 Å². The summed E-state index contributed by atoms with van der Waals surface area (Å²) >= 11 is 6.18. The Kier molecular flexibility index (Phi) is 2.80. The summed E-state index contributed by atoms with van der Waals surface area (Å²) in [5, 5.41) is 0.793. The summed E-state index contributed by atoms with van der Waals surface area (Å²) in [6, 6.07) is 16.1. The van der Waals surface area contributed by atoms with E-state index in [-0.39, 0.29) is 0 Å². The zero-order valence-corrected chi connectivity index (χ0v) is 10.7. The minimum absolute atomic E-state index is 0.750. The molecule has 18 heavy (non-hydrogen) atoms. The molecule has 0 saturated heterocycles. The van der Waals surface area contributed by atoms with E-state index in [1.54, 1.807) is 0 Å². The molecule has 0 spiro atoms. The first kappa shape index (κ1) is 11.3. The quantitative estimate of drug-likeness (QED) is 0.824. The van der Waals surface area contributed by atoms with Gasteiger partial charge >= 0.3 is 0 Å². The minimum atomic E-state index is 0.750. The van der Waals surface area contributed by atoms with Crippen LogP contribution < -0.4 is 5.73 Å². The summed E-state index contributed by atoms with van der Waals surface area (Å²) in [6.07, 6.45) is 0. The number of rotatable bonds is 2. The Bertz CT molecular complexity index is 632. The van der Waals surface area contributed by atoms with Gasteiger partial charge in [-0.3, -0.25) is 10.3 Å². The molecule has 3 heteroatoms. The molecule has 1 aliphatic heterocycles. The van der Waals surface area contributed by atoms with E-state index in [1.165, 1.54) is 5.56 Å². The van der Waals surface area contributed by atoms with Gasteiger partial charge in [-0.05, 0) is 12.1 Å². The van der Waals surface area contributed by atoms with Crippen molar-refractivity contribution in [3.63, 3.8) is 0 Å². The zero-order chi connectivity index (χ0) is 12.5. The predicted molar refractivity (Wildman–Crippen MR) is 73.9 cm³/mol. The van der Waals surface area contributed by atoms with Gasteiger partial charge in [0.25, 0.3) is 5.84 Å². The van der Waals surface area contributed by atoms with E-state index < -0.39 is 0 Å². The minimum Gasteiger partial charge on any atom is -0.287 e.